The van der Waals surface area contributed by atoms with Gasteiger partial charge in [-0.3, -0.25) is 28.8 Å². The molecule has 0 aliphatic carbocycles. The minimum absolute atomic E-state index is 0.00694. The molecule has 6 N–H and O–H groups in total. The smallest absolute Gasteiger partial charge is 0.407 e. The fraction of sp³-hybridized carbons (Fsp3) is 0.685. The highest BCUT2D eigenvalue weighted by molar-refractivity contribution is 5.90. The van der Waals surface area contributed by atoms with Gasteiger partial charge in [-0.1, -0.05) is 36.4 Å². The summed E-state index contributed by atoms with van der Waals surface area (Å²) in [5.41, 5.74) is 0.968. The summed E-state index contributed by atoms with van der Waals surface area (Å²) in [6.45, 7) is 19.5. The van der Waals surface area contributed by atoms with Crippen LogP contribution in [-0.4, -0.2) is 351 Å². The van der Waals surface area contributed by atoms with Gasteiger partial charge in [0.25, 0.3) is 0 Å². The van der Waals surface area contributed by atoms with E-state index in [9.17, 15) is 47.9 Å². The minimum atomic E-state index is -1.13. The van der Waals surface area contributed by atoms with Gasteiger partial charge in [-0.05, 0) is 127 Å². The van der Waals surface area contributed by atoms with E-state index in [-0.39, 0.29) is 232 Å². The molecule has 0 saturated carbocycles. The Morgan fingerprint density at radius 1 is 0.323 bits per heavy atom. The molecule has 38 nitrogen and oxygen atoms in total. The lowest BCUT2D eigenvalue weighted by molar-refractivity contribution is -0.157. The molecule has 3 unspecified atom stereocenters. The Morgan fingerprint density at radius 2 is 0.614 bits per heavy atom. The van der Waals surface area contributed by atoms with Gasteiger partial charge in [-0.25, -0.2) is 19.2 Å². The Morgan fingerprint density at radius 3 is 0.945 bits per heavy atom. The Hall–Kier alpha value is -8.52. The summed E-state index contributed by atoms with van der Waals surface area (Å²) in [6.07, 6.45) is 1.17. The number of carboxylic acid groups (broad SMARTS) is 2. The molecule has 0 aliphatic heterocycles. The van der Waals surface area contributed by atoms with Crippen LogP contribution >= 0.6 is 0 Å². The lowest BCUT2D eigenvalue weighted by Gasteiger charge is -2.20. The topological polar surface area (TPSA) is 462 Å². The van der Waals surface area contributed by atoms with E-state index in [0.29, 0.717) is 129 Å². The number of esters is 1. The number of Topliss-reactive ketones (excluding diaryl/α,β-unsaturated/α-hetero) is 3. The molecule has 0 fully saturated rings. The SMILES string of the molecule is COCCOCCOCCOCCOCCCC(=O)C(Cc1ccc(OCC(=O)O)cc1)NC(=O)CCOCCOCCOCCOCCNC(=O)C(CC(=O)CCOCCOCCOCCOCCCC(=O)C(Cc1ccc(OCC(=O)OC(C)(C)C)cc1)NC(=O)CCOCCOCCOCCOCCNC(=O)OC(C)(C)C)Cc1ccc(OCC(=O)O)cc1. The molecule has 3 aromatic carbocycles. The Kier molecular flexibility index (Phi) is 65.0. The highest BCUT2D eigenvalue weighted by Gasteiger charge is 2.26. The maximum atomic E-state index is 13.6. The lowest BCUT2D eigenvalue weighted by Crippen LogP contribution is -2.42. The van der Waals surface area contributed by atoms with Crippen molar-refractivity contribution in [1.29, 1.82) is 0 Å². The number of carbonyl (C=O) groups is 10. The third-order valence-corrected chi connectivity index (χ3v) is 17.2. The number of aliphatic carboxylic acids is 2. The van der Waals surface area contributed by atoms with Crippen molar-refractivity contribution in [3.05, 3.63) is 89.5 Å². The first-order chi connectivity index (χ1) is 61.3. The molecule has 0 heterocycles. The van der Waals surface area contributed by atoms with Crippen molar-refractivity contribution in [2.24, 2.45) is 5.92 Å². The van der Waals surface area contributed by atoms with Gasteiger partial charge in [-0.15, -0.1) is 0 Å². The molecule has 0 aliphatic rings. The second kappa shape index (κ2) is 73.3. The maximum Gasteiger partial charge on any atom is 0.407 e. The fourth-order valence-corrected chi connectivity index (χ4v) is 11.1. The third kappa shape index (κ3) is 66.5. The van der Waals surface area contributed by atoms with Crippen molar-refractivity contribution in [3.63, 3.8) is 0 Å². The predicted molar refractivity (Wildman–Crippen MR) is 460 cm³/mol. The van der Waals surface area contributed by atoms with Crippen LogP contribution in [0.2, 0.25) is 0 Å². The summed E-state index contributed by atoms with van der Waals surface area (Å²) in [5, 5.41) is 29.2. The number of carboxylic acids is 2. The third-order valence-electron chi connectivity index (χ3n) is 17.2. The summed E-state index contributed by atoms with van der Waals surface area (Å²) in [7, 11) is 1.61. The number of ketones is 3. The number of amides is 4. The number of alkyl carbamates (subject to hydrolysis) is 1. The van der Waals surface area contributed by atoms with E-state index in [0.717, 1.165) is 16.7 Å². The summed E-state index contributed by atoms with van der Waals surface area (Å²) in [4.78, 5) is 126. The minimum Gasteiger partial charge on any atom is -0.482 e. The van der Waals surface area contributed by atoms with Crippen LogP contribution < -0.4 is 35.5 Å². The van der Waals surface area contributed by atoms with E-state index in [1.165, 1.54) is 0 Å². The molecule has 0 aromatic heterocycles. The molecular formula is C89H140N4O34. The maximum absolute atomic E-state index is 13.6. The molecule has 0 spiro atoms. The molecule has 3 atom stereocenters. The van der Waals surface area contributed by atoms with Gasteiger partial charge in [0.05, 0.1) is 217 Å². The summed E-state index contributed by atoms with van der Waals surface area (Å²) in [6, 6.07) is 18.4. The van der Waals surface area contributed by atoms with Crippen molar-refractivity contribution in [1.82, 2.24) is 21.3 Å². The first-order valence-electron chi connectivity index (χ1n) is 43.2. The van der Waals surface area contributed by atoms with Crippen molar-refractivity contribution >= 4 is 59.1 Å². The van der Waals surface area contributed by atoms with Crippen LogP contribution in [0.25, 0.3) is 0 Å². The lowest BCUT2D eigenvalue weighted by atomic mass is 9.92. The van der Waals surface area contributed by atoms with Crippen LogP contribution in [-0.2, 0) is 152 Å². The van der Waals surface area contributed by atoms with Crippen LogP contribution in [0.4, 0.5) is 4.79 Å². The number of methoxy groups -OCH3 is 1. The van der Waals surface area contributed by atoms with Crippen LogP contribution in [0.3, 0.4) is 0 Å². The summed E-state index contributed by atoms with van der Waals surface area (Å²) < 4.78 is 121. The Bertz CT molecular complexity index is 3420. The number of rotatable bonds is 84. The average molecular weight is 1810 g/mol. The number of ether oxygens (including phenoxy) is 22. The molecule has 0 radical (unpaired) electrons. The quantitative estimate of drug-likeness (QED) is 0.0307. The van der Waals surface area contributed by atoms with Crippen LogP contribution in [0.5, 0.6) is 17.2 Å². The summed E-state index contributed by atoms with van der Waals surface area (Å²) in [5.74, 6) is -4.06. The van der Waals surface area contributed by atoms with E-state index in [1.54, 1.807) is 121 Å². The van der Waals surface area contributed by atoms with E-state index < -0.39 is 66.4 Å². The second-order valence-electron chi connectivity index (χ2n) is 30.4. The zero-order valence-corrected chi connectivity index (χ0v) is 75.3. The van der Waals surface area contributed by atoms with Gasteiger partial charge in [0.15, 0.2) is 31.4 Å². The monoisotopic (exact) mass is 1810 g/mol. The largest absolute Gasteiger partial charge is 0.482 e. The van der Waals surface area contributed by atoms with E-state index in [4.69, 9.17) is 114 Å². The number of carbonyl (C=O) groups excluding carboxylic acids is 8. The molecule has 127 heavy (non-hydrogen) atoms. The van der Waals surface area contributed by atoms with Gasteiger partial charge in [0.1, 0.15) is 34.2 Å². The molecular weight excluding hydrogens is 1670 g/mol. The van der Waals surface area contributed by atoms with Crippen LogP contribution in [0.15, 0.2) is 72.8 Å². The molecule has 3 aromatic rings. The van der Waals surface area contributed by atoms with E-state index >= 15 is 0 Å². The molecule has 3 rings (SSSR count). The van der Waals surface area contributed by atoms with Gasteiger partial charge in [0, 0.05) is 77.9 Å². The van der Waals surface area contributed by atoms with Crippen molar-refractivity contribution in [2.45, 2.75) is 135 Å². The van der Waals surface area contributed by atoms with Crippen molar-refractivity contribution < 1.29 is 162 Å². The molecule has 0 saturated heterocycles. The first kappa shape index (κ1) is 113. The Balaban J connectivity index is 1.29. The molecule has 720 valence electrons. The Labute approximate surface area is 745 Å². The molecule has 38 heteroatoms. The van der Waals surface area contributed by atoms with Crippen LogP contribution in [0.1, 0.15) is 110 Å². The zero-order valence-electron chi connectivity index (χ0n) is 75.3. The van der Waals surface area contributed by atoms with E-state index in [1.807, 2.05) is 0 Å². The highest BCUT2D eigenvalue weighted by Crippen LogP contribution is 2.21. The number of hydrogen-bond acceptors (Lipinski definition) is 32. The normalized spacial score (nSPS) is 12.2. The summed E-state index contributed by atoms with van der Waals surface area (Å²) >= 11 is 0. The number of hydrogen-bond donors (Lipinski definition) is 6. The standard InChI is InChI=1S/C89H140N4O34/c1-88(2,3)126-85(103)68-125-76-22-16-71(17-23-76)64-78(93-82(98)26-33-111-42-49-119-58-60-121-51-44-113-35-28-91-87(105)127-89(4,5)6)80(96)11-9-30-107-38-45-115-54-56-117-47-40-109-31-24-73(94)65-72(62-69-12-18-74(19-13-69)123-66-83(99)100)86(104)90-27-34-112-43-50-120-59-57-118-48-41-110-32-25-81(97)92-77(63-70-14-20-75(21-15-70)124-67-84(101)102)79(95)10-8-29-108-39-46-116-55-61-122-53-52-114-37-36-106-7/h12-23,72,77-78H,8-11,24-68H2,1-7H3,(H,90,104)(H,91,105)(H,92,97)(H,93,98)(H,99,100)(H,101,102). The van der Waals surface area contributed by atoms with Gasteiger partial charge >= 0.3 is 24.0 Å². The van der Waals surface area contributed by atoms with Gasteiger partial charge < -0.3 is 136 Å². The second-order valence-corrected chi connectivity index (χ2v) is 30.4. The van der Waals surface area contributed by atoms with Crippen LogP contribution in [0, 0.1) is 5.92 Å². The number of nitrogens with one attached hydrogen (secondary N) is 4. The van der Waals surface area contributed by atoms with Crippen molar-refractivity contribution in [2.75, 3.05) is 258 Å². The first-order valence-corrected chi connectivity index (χ1v) is 43.2. The zero-order chi connectivity index (χ0) is 92.5. The number of benzene rings is 3. The van der Waals surface area contributed by atoms with Gasteiger partial charge in [0.2, 0.25) is 17.7 Å². The fourth-order valence-electron chi connectivity index (χ4n) is 11.1. The van der Waals surface area contributed by atoms with Gasteiger partial charge in [-0.2, -0.15) is 0 Å². The average Bonchev–Trinajstić information content (AvgIpc) is 0.881. The highest BCUT2D eigenvalue weighted by atomic mass is 16.6. The molecule has 4 amide bonds. The predicted octanol–water partition coefficient (Wildman–Crippen LogP) is 5.33. The van der Waals surface area contributed by atoms with Crippen molar-refractivity contribution in [3.8, 4) is 17.2 Å². The molecule has 0 bridgehead atoms. The van der Waals surface area contributed by atoms with E-state index in [2.05, 4.69) is 21.3 Å².